The molecule has 0 aliphatic rings. The highest BCUT2D eigenvalue weighted by Crippen LogP contribution is 2.04. The van der Waals surface area contributed by atoms with Crippen LogP contribution in [0.1, 0.15) is 37.9 Å². The summed E-state index contributed by atoms with van der Waals surface area (Å²) in [7, 11) is 0. The van der Waals surface area contributed by atoms with E-state index < -0.39 is 0 Å². The Balaban J connectivity index is 2.19. The molecule has 1 rings (SSSR count). The second-order valence-electron chi connectivity index (χ2n) is 3.85. The molecule has 96 valence electrons. The van der Waals surface area contributed by atoms with E-state index in [0.29, 0.717) is 38.2 Å². The van der Waals surface area contributed by atoms with Gasteiger partial charge in [-0.25, -0.2) is 0 Å². The lowest BCUT2D eigenvalue weighted by molar-refractivity contribution is -0.121. The molecule has 6 heteroatoms. The number of nitrogens with one attached hydrogen (secondary N) is 1. The smallest absolute Gasteiger partial charge is 0.226 e. The van der Waals surface area contributed by atoms with Gasteiger partial charge in [0.15, 0.2) is 5.82 Å². The highest BCUT2D eigenvalue weighted by molar-refractivity contribution is 5.75. The van der Waals surface area contributed by atoms with Crippen molar-refractivity contribution in [3.8, 4) is 0 Å². The van der Waals surface area contributed by atoms with Gasteiger partial charge in [0.1, 0.15) is 0 Å². The summed E-state index contributed by atoms with van der Waals surface area (Å²) >= 11 is 0. The van der Waals surface area contributed by atoms with Gasteiger partial charge in [-0.05, 0) is 12.8 Å². The first-order valence-electron chi connectivity index (χ1n) is 6.04. The van der Waals surface area contributed by atoms with E-state index >= 15 is 0 Å². The number of hydrogen-bond donors (Lipinski definition) is 2. The molecular weight excluding hydrogens is 220 g/mol. The average molecular weight is 240 g/mol. The van der Waals surface area contributed by atoms with Gasteiger partial charge in [0, 0.05) is 32.4 Å². The summed E-state index contributed by atoms with van der Waals surface area (Å²) in [6.07, 6.45) is 3.66. The fraction of sp³-hybridized carbons (Fsp3) is 0.727. The Morgan fingerprint density at radius 3 is 3.00 bits per heavy atom. The maximum atomic E-state index is 11.3. The van der Waals surface area contributed by atoms with Gasteiger partial charge in [0.25, 0.3) is 0 Å². The third-order valence-corrected chi connectivity index (χ3v) is 2.24. The lowest BCUT2D eigenvalue weighted by Crippen LogP contribution is -2.28. The zero-order chi connectivity index (χ0) is 12.5. The molecule has 0 spiro atoms. The summed E-state index contributed by atoms with van der Waals surface area (Å²) in [5, 5.41) is 6.56. The summed E-state index contributed by atoms with van der Waals surface area (Å²) in [5.41, 5.74) is 5.28. The number of rotatable bonds is 8. The summed E-state index contributed by atoms with van der Waals surface area (Å²) in [4.78, 5) is 15.5. The van der Waals surface area contributed by atoms with Gasteiger partial charge in [-0.2, -0.15) is 4.98 Å². The number of nitrogens with two attached hydrogens (primary N) is 1. The predicted octanol–water partition coefficient (Wildman–Crippen LogP) is 0.420. The summed E-state index contributed by atoms with van der Waals surface area (Å²) in [6.45, 7) is 3.06. The van der Waals surface area contributed by atoms with Crippen molar-refractivity contribution in [2.24, 2.45) is 5.73 Å². The van der Waals surface area contributed by atoms with E-state index in [2.05, 4.69) is 22.4 Å². The van der Waals surface area contributed by atoms with Gasteiger partial charge in [-0.3, -0.25) is 4.79 Å². The molecular formula is C11H20N4O2. The lowest BCUT2D eigenvalue weighted by atomic mass is 10.2. The number of amides is 1. The van der Waals surface area contributed by atoms with Crippen LogP contribution < -0.4 is 11.1 Å². The molecule has 0 aliphatic carbocycles. The fourth-order valence-corrected chi connectivity index (χ4v) is 1.42. The third-order valence-electron chi connectivity index (χ3n) is 2.24. The van der Waals surface area contributed by atoms with E-state index in [1.54, 1.807) is 0 Å². The van der Waals surface area contributed by atoms with Crippen molar-refractivity contribution in [2.45, 2.75) is 39.0 Å². The average Bonchev–Trinajstić information content (AvgIpc) is 2.75. The number of hydrogen-bond acceptors (Lipinski definition) is 5. The Labute approximate surface area is 101 Å². The molecule has 1 aromatic rings. The van der Waals surface area contributed by atoms with Crippen LogP contribution in [0.3, 0.4) is 0 Å². The molecule has 0 atom stereocenters. The molecule has 0 radical (unpaired) electrons. The fourth-order valence-electron chi connectivity index (χ4n) is 1.42. The van der Waals surface area contributed by atoms with Crippen LogP contribution in [0, 0.1) is 0 Å². The molecule has 0 unspecified atom stereocenters. The first kappa shape index (κ1) is 13.6. The van der Waals surface area contributed by atoms with Gasteiger partial charge in [-0.1, -0.05) is 12.1 Å². The maximum absolute atomic E-state index is 11.3. The summed E-state index contributed by atoms with van der Waals surface area (Å²) in [6, 6.07) is 0. The third kappa shape index (κ3) is 5.44. The van der Waals surface area contributed by atoms with Crippen molar-refractivity contribution < 1.29 is 9.32 Å². The molecule has 1 heterocycles. The quantitative estimate of drug-likeness (QED) is 0.686. The zero-order valence-electron chi connectivity index (χ0n) is 10.2. The minimum atomic E-state index is 0.0174. The highest BCUT2D eigenvalue weighted by Gasteiger charge is 2.06. The largest absolute Gasteiger partial charge is 0.355 e. The molecule has 0 aliphatic heterocycles. The minimum Gasteiger partial charge on any atom is -0.355 e. The molecule has 0 saturated heterocycles. The van der Waals surface area contributed by atoms with Crippen LogP contribution in [0.15, 0.2) is 4.52 Å². The van der Waals surface area contributed by atoms with Gasteiger partial charge in [-0.15, -0.1) is 0 Å². The van der Waals surface area contributed by atoms with E-state index in [1.165, 1.54) is 0 Å². The lowest BCUT2D eigenvalue weighted by Gasteiger charge is -2.01. The van der Waals surface area contributed by atoms with Crippen molar-refractivity contribution in [3.05, 3.63) is 11.7 Å². The van der Waals surface area contributed by atoms with Crippen molar-refractivity contribution in [2.75, 3.05) is 13.1 Å². The SMILES string of the molecule is CCCc1noc(CCCC(=O)NCCN)n1. The Kier molecular flexibility index (Phi) is 6.24. The second-order valence-corrected chi connectivity index (χ2v) is 3.85. The Bertz CT molecular complexity index is 338. The van der Waals surface area contributed by atoms with Gasteiger partial charge < -0.3 is 15.6 Å². The first-order valence-corrected chi connectivity index (χ1v) is 6.04. The Morgan fingerprint density at radius 2 is 2.29 bits per heavy atom. The normalized spacial score (nSPS) is 10.5. The van der Waals surface area contributed by atoms with Crippen LogP contribution >= 0.6 is 0 Å². The van der Waals surface area contributed by atoms with Crippen molar-refractivity contribution >= 4 is 5.91 Å². The van der Waals surface area contributed by atoms with Crippen LogP contribution in [0.25, 0.3) is 0 Å². The molecule has 1 aromatic heterocycles. The van der Waals surface area contributed by atoms with E-state index in [0.717, 1.165) is 18.7 Å². The number of carbonyl (C=O) groups is 1. The molecule has 0 aromatic carbocycles. The molecule has 17 heavy (non-hydrogen) atoms. The van der Waals surface area contributed by atoms with Gasteiger partial charge in [0.05, 0.1) is 0 Å². The summed E-state index contributed by atoms with van der Waals surface area (Å²) in [5.74, 6) is 1.37. The van der Waals surface area contributed by atoms with Crippen molar-refractivity contribution in [1.29, 1.82) is 0 Å². The van der Waals surface area contributed by atoms with Crippen LogP contribution in [-0.2, 0) is 17.6 Å². The molecule has 6 nitrogen and oxygen atoms in total. The molecule has 0 fully saturated rings. The summed E-state index contributed by atoms with van der Waals surface area (Å²) < 4.78 is 5.07. The number of carbonyl (C=O) groups excluding carboxylic acids is 1. The van der Waals surface area contributed by atoms with E-state index in [1.807, 2.05) is 0 Å². The number of aryl methyl sites for hydroxylation is 2. The Hall–Kier alpha value is -1.43. The van der Waals surface area contributed by atoms with E-state index in [9.17, 15) is 4.79 Å². The highest BCUT2D eigenvalue weighted by atomic mass is 16.5. The van der Waals surface area contributed by atoms with E-state index in [4.69, 9.17) is 10.3 Å². The van der Waals surface area contributed by atoms with Crippen LogP contribution in [0.5, 0.6) is 0 Å². The number of nitrogens with zero attached hydrogens (tertiary/aromatic N) is 2. The maximum Gasteiger partial charge on any atom is 0.226 e. The minimum absolute atomic E-state index is 0.0174. The van der Waals surface area contributed by atoms with Crippen LogP contribution in [0.4, 0.5) is 0 Å². The molecule has 0 bridgehead atoms. The standard InChI is InChI=1S/C11H20N4O2/c1-2-4-9-14-11(17-15-9)6-3-5-10(16)13-8-7-12/h2-8,12H2,1H3,(H,13,16). The number of aromatic nitrogens is 2. The molecule has 3 N–H and O–H groups in total. The molecule has 1 amide bonds. The van der Waals surface area contributed by atoms with Crippen LogP contribution in [-0.4, -0.2) is 29.1 Å². The van der Waals surface area contributed by atoms with Crippen molar-refractivity contribution in [3.63, 3.8) is 0 Å². The van der Waals surface area contributed by atoms with Gasteiger partial charge in [0.2, 0.25) is 11.8 Å². The van der Waals surface area contributed by atoms with Crippen LogP contribution in [0.2, 0.25) is 0 Å². The monoisotopic (exact) mass is 240 g/mol. The first-order chi connectivity index (χ1) is 8.26. The zero-order valence-corrected chi connectivity index (χ0v) is 10.2. The van der Waals surface area contributed by atoms with Crippen molar-refractivity contribution in [1.82, 2.24) is 15.5 Å². The van der Waals surface area contributed by atoms with E-state index in [-0.39, 0.29) is 5.91 Å². The molecule has 0 saturated carbocycles. The topological polar surface area (TPSA) is 94.0 Å². The van der Waals surface area contributed by atoms with Gasteiger partial charge >= 0.3 is 0 Å². The second kappa shape index (κ2) is 7.78. The Morgan fingerprint density at radius 1 is 1.47 bits per heavy atom. The predicted molar refractivity (Wildman–Crippen MR) is 63.3 cm³/mol.